The molecule has 2 aromatic rings. The lowest BCUT2D eigenvalue weighted by Gasteiger charge is -2.13. The minimum atomic E-state index is -4.47. The van der Waals surface area contributed by atoms with Crippen LogP contribution in [0.3, 0.4) is 0 Å². The van der Waals surface area contributed by atoms with Crippen LogP contribution in [0.5, 0.6) is 0 Å². The number of nitrogens with two attached hydrogens (primary N) is 1. The molecule has 2 rings (SSSR count). The zero-order valence-corrected chi connectivity index (χ0v) is 12.6. The first-order valence-corrected chi connectivity index (χ1v) is 6.74. The van der Waals surface area contributed by atoms with E-state index in [9.17, 15) is 17.6 Å². The Morgan fingerprint density at radius 3 is 2.33 bits per heavy atom. The van der Waals surface area contributed by atoms with E-state index in [2.05, 4.69) is 21.2 Å². The highest BCUT2D eigenvalue weighted by atomic mass is 79.9. The Balaban J connectivity index is 2.35. The van der Waals surface area contributed by atoms with Crippen molar-refractivity contribution in [2.75, 3.05) is 11.1 Å². The molecule has 2 nitrogen and oxygen atoms in total. The molecule has 0 fully saturated rings. The van der Waals surface area contributed by atoms with Crippen molar-refractivity contribution >= 4 is 44.6 Å². The molecule has 0 amide bonds. The lowest BCUT2D eigenvalue weighted by Crippen LogP contribution is -2.05. The van der Waals surface area contributed by atoms with Gasteiger partial charge >= 0.3 is 6.18 Å². The van der Waals surface area contributed by atoms with Gasteiger partial charge in [0.1, 0.15) is 5.82 Å². The largest absolute Gasteiger partial charge is 0.416 e. The average Bonchev–Trinajstić information content (AvgIpc) is 2.36. The van der Waals surface area contributed by atoms with Gasteiger partial charge < -0.3 is 11.1 Å². The number of halogens is 6. The first kappa shape index (κ1) is 15.9. The molecule has 0 radical (unpaired) electrons. The lowest BCUT2D eigenvalue weighted by atomic mass is 10.2. The number of hydrogen-bond acceptors (Lipinski definition) is 2. The highest BCUT2D eigenvalue weighted by molar-refractivity contribution is 9.10. The van der Waals surface area contributed by atoms with Crippen LogP contribution in [-0.4, -0.2) is 0 Å². The van der Waals surface area contributed by atoms with E-state index in [1.54, 1.807) is 0 Å². The van der Waals surface area contributed by atoms with Crippen LogP contribution in [0, 0.1) is 5.82 Å². The summed E-state index contributed by atoms with van der Waals surface area (Å²) in [6.45, 7) is 0. The number of nitrogens with one attached hydrogen (secondary N) is 1. The molecule has 2 aromatic carbocycles. The second-order valence-corrected chi connectivity index (χ2v) is 5.43. The molecule has 0 aliphatic carbocycles. The van der Waals surface area contributed by atoms with Crippen LogP contribution in [-0.2, 0) is 6.18 Å². The normalized spacial score (nSPS) is 11.5. The van der Waals surface area contributed by atoms with E-state index in [-0.39, 0.29) is 20.9 Å². The van der Waals surface area contributed by atoms with Crippen molar-refractivity contribution < 1.29 is 17.6 Å². The topological polar surface area (TPSA) is 38.0 Å². The van der Waals surface area contributed by atoms with Crippen molar-refractivity contribution in [1.29, 1.82) is 0 Å². The summed E-state index contributed by atoms with van der Waals surface area (Å²) in [4.78, 5) is 0. The van der Waals surface area contributed by atoms with Gasteiger partial charge in [-0.25, -0.2) is 4.39 Å². The number of rotatable bonds is 2. The number of hydrogen-bond donors (Lipinski definition) is 2. The minimum Gasteiger partial charge on any atom is -0.397 e. The van der Waals surface area contributed by atoms with Gasteiger partial charge in [-0.2, -0.15) is 13.2 Å². The van der Waals surface area contributed by atoms with Crippen LogP contribution in [0.4, 0.5) is 34.6 Å². The van der Waals surface area contributed by atoms with Gasteiger partial charge in [-0.1, -0.05) is 11.6 Å². The zero-order valence-electron chi connectivity index (χ0n) is 10.2. The number of alkyl halides is 3. The molecule has 0 aliphatic heterocycles. The van der Waals surface area contributed by atoms with Crippen LogP contribution in [0.25, 0.3) is 0 Å². The number of benzene rings is 2. The van der Waals surface area contributed by atoms with Crippen molar-refractivity contribution in [3.63, 3.8) is 0 Å². The van der Waals surface area contributed by atoms with Crippen LogP contribution >= 0.6 is 27.5 Å². The average molecular weight is 384 g/mol. The molecule has 0 heterocycles. The molecular formula is C13H8BrClF4N2. The Morgan fingerprint density at radius 1 is 1.10 bits per heavy atom. The van der Waals surface area contributed by atoms with Crippen LogP contribution in [0.1, 0.15) is 5.56 Å². The predicted octanol–water partition coefficient (Wildman–Crippen LogP) is 5.59. The third-order valence-corrected chi connectivity index (χ3v) is 3.58. The highest BCUT2D eigenvalue weighted by Crippen LogP contribution is 2.36. The Morgan fingerprint density at radius 2 is 1.76 bits per heavy atom. The third kappa shape index (κ3) is 3.59. The van der Waals surface area contributed by atoms with Gasteiger partial charge in [0.15, 0.2) is 0 Å². The van der Waals surface area contributed by atoms with Crippen LogP contribution < -0.4 is 11.1 Å². The van der Waals surface area contributed by atoms with Gasteiger partial charge in [-0.15, -0.1) is 0 Å². The summed E-state index contributed by atoms with van der Waals surface area (Å²) in [5.41, 5.74) is 5.44. The summed E-state index contributed by atoms with van der Waals surface area (Å²) in [6.07, 6.45) is -4.47. The third-order valence-electron chi connectivity index (χ3n) is 2.66. The molecular weight excluding hydrogens is 376 g/mol. The summed E-state index contributed by atoms with van der Waals surface area (Å²) in [5, 5.41) is 2.65. The monoisotopic (exact) mass is 382 g/mol. The summed E-state index contributed by atoms with van der Waals surface area (Å²) in [6, 6.07) is 5.34. The van der Waals surface area contributed by atoms with E-state index in [0.29, 0.717) is 5.69 Å². The summed E-state index contributed by atoms with van der Waals surface area (Å²) in [7, 11) is 0. The van der Waals surface area contributed by atoms with E-state index in [4.69, 9.17) is 17.3 Å². The molecule has 112 valence electrons. The summed E-state index contributed by atoms with van der Waals surface area (Å²) >= 11 is 8.82. The van der Waals surface area contributed by atoms with Crippen molar-refractivity contribution in [2.45, 2.75) is 6.18 Å². The van der Waals surface area contributed by atoms with Gasteiger partial charge in [0.2, 0.25) is 0 Å². The maximum Gasteiger partial charge on any atom is 0.416 e. The fraction of sp³-hybridized carbons (Fsp3) is 0.0769. The van der Waals surface area contributed by atoms with Crippen molar-refractivity contribution in [3.05, 3.63) is 51.2 Å². The van der Waals surface area contributed by atoms with Gasteiger partial charge in [-0.05, 0) is 40.2 Å². The van der Waals surface area contributed by atoms with Crippen LogP contribution in [0.2, 0.25) is 5.02 Å². The minimum absolute atomic E-state index is 0.103. The van der Waals surface area contributed by atoms with E-state index >= 15 is 0 Å². The first-order valence-electron chi connectivity index (χ1n) is 5.57. The van der Waals surface area contributed by atoms with E-state index in [1.807, 2.05) is 0 Å². The first-order chi connectivity index (χ1) is 9.68. The second-order valence-electron chi connectivity index (χ2n) is 4.17. The maximum absolute atomic E-state index is 13.3. The smallest absolute Gasteiger partial charge is 0.397 e. The Labute approximate surface area is 131 Å². The molecule has 21 heavy (non-hydrogen) atoms. The number of anilines is 3. The molecule has 3 N–H and O–H groups in total. The maximum atomic E-state index is 13.3. The summed E-state index contributed by atoms with van der Waals surface area (Å²) in [5.74, 6) is -0.545. The molecule has 0 aromatic heterocycles. The fourth-order valence-corrected chi connectivity index (χ4v) is 2.18. The number of nitrogen functional groups attached to an aromatic ring is 1. The standard InChI is InChI=1S/C13H8BrClF4N2/c14-7-4-12(10(20)5-9(7)16)21-11-2-1-6(3-8(11)15)13(17,18)19/h1-5,21H,20H2. The molecule has 0 bridgehead atoms. The molecule has 0 saturated carbocycles. The van der Waals surface area contributed by atoms with E-state index in [1.165, 1.54) is 12.1 Å². The Hall–Kier alpha value is -1.47. The molecule has 0 unspecified atom stereocenters. The van der Waals surface area contributed by atoms with Gasteiger partial charge in [0.05, 0.1) is 32.1 Å². The predicted molar refractivity (Wildman–Crippen MR) is 78.2 cm³/mol. The fourth-order valence-electron chi connectivity index (χ4n) is 1.61. The second kappa shape index (κ2) is 5.73. The Bertz CT molecular complexity index is 689. The molecule has 8 heteroatoms. The molecule has 0 saturated heterocycles. The molecule has 0 atom stereocenters. The van der Waals surface area contributed by atoms with Crippen LogP contribution in [0.15, 0.2) is 34.8 Å². The van der Waals surface area contributed by atoms with Crippen molar-refractivity contribution in [1.82, 2.24) is 0 Å². The lowest BCUT2D eigenvalue weighted by molar-refractivity contribution is -0.137. The van der Waals surface area contributed by atoms with Gasteiger partial charge in [-0.3, -0.25) is 0 Å². The van der Waals surface area contributed by atoms with Gasteiger partial charge in [0.25, 0.3) is 0 Å². The quantitative estimate of drug-likeness (QED) is 0.524. The molecule has 0 aliphatic rings. The SMILES string of the molecule is Nc1cc(F)c(Br)cc1Nc1ccc(C(F)(F)F)cc1Cl. The van der Waals surface area contributed by atoms with Crippen molar-refractivity contribution in [3.8, 4) is 0 Å². The van der Waals surface area contributed by atoms with Crippen molar-refractivity contribution in [2.24, 2.45) is 0 Å². The summed E-state index contributed by atoms with van der Waals surface area (Å²) < 4.78 is 51.0. The van der Waals surface area contributed by atoms with E-state index in [0.717, 1.165) is 18.2 Å². The zero-order chi connectivity index (χ0) is 15.8. The van der Waals surface area contributed by atoms with E-state index < -0.39 is 17.6 Å². The Kier molecular flexibility index (Phi) is 4.34. The molecule has 0 spiro atoms. The highest BCUT2D eigenvalue weighted by Gasteiger charge is 2.30. The van der Waals surface area contributed by atoms with Gasteiger partial charge in [0, 0.05) is 6.07 Å².